The summed E-state index contributed by atoms with van der Waals surface area (Å²) >= 11 is 5.94. The maximum Gasteiger partial charge on any atom is 0.0664 e. The normalized spacial score (nSPS) is 13.1. The molecule has 0 saturated carbocycles. The lowest BCUT2D eigenvalue weighted by Crippen LogP contribution is -2.23. The Labute approximate surface area is 96.6 Å². The molecule has 0 fully saturated rings. The molecule has 0 saturated heterocycles. The maximum absolute atomic E-state index is 5.94. The van der Waals surface area contributed by atoms with Crippen LogP contribution < -0.4 is 5.32 Å². The third-order valence-corrected chi connectivity index (χ3v) is 2.43. The van der Waals surface area contributed by atoms with Gasteiger partial charge in [0.15, 0.2) is 0 Å². The highest BCUT2D eigenvalue weighted by atomic mass is 35.5. The Balaban J connectivity index is 2.65. The number of hydrogen-bond acceptors (Lipinski definition) is 2. The van der Waals surface area contributed by atoms with Gasteiger partial charge >= 0.3 is 0 Å². The van der Waals surface area contributed by atoms with E-state index >= 15 is 0 Å². The van der Waals surface area contributed by atoms with Gasteiger partial charge in [-0.15, -0.1) is 0 Å². The molecule has 0 aromatic heterocycles. The number of rotatable bonds is 5. The summed E-state index contributed by atoms with van der Waals surface area (Å²) in [6, 6.07) is 8.05. The molecular formula is C12H18ClNO. The van der Waals surface area contributed by atoms with Gasteiger partial charge in [-0.2, -0.15) is 0 Å². The quantitative estimate of drug-likeness (QED) is 0.835. The Morgan fingerprint density at radius 3 is 2.67 bits per heavy atom. The summed E-state index contributed by atoms with van der Waals surface area (Å²) in [6.45, 7) is 4.73. The highest BCUT2D eigenvalue weighted by molar-refractivity contribution is 6.30. The predicted octanol–water partition coefficient (Wildman–Crippen LogP) is 3.03. The molecule has 1 aromatic carbocycles. The molecule has 1 rings (SSSR count). The number of ether oxygens (including phenoxy) is 1. The topological polar surface area (TPSA) is 21.3 Å². The van der Waals surface area contributed by atoms with Crippen LogP contribution in [0.4, 0.5) is 0 Å². The van der Waals surface area contributed by atoms with Gasteiger partial charge in [0, 0.05) is 5.02 Å². The van der Waals surface area contributed by atoms with Crippen LogP contribution in [0.2, 0.25) is 5.02 Å². The van der Waals surface area contributed by atoms with Gasteiger partial charge in [0.05, 0.1) is 18.8 Å². The molecule has 0 aliphatic rings. The second-order valence-electron chi connectivity index (χ2n) is 3.78. The smallest absolute Gasteiger partial charge is 0.0664 e. The van der Waals surface area contributed by atoms with Gasteiger partial charge in [-0.25, -0.2) is 0 Å². The molecule has 0 spiro atoms. The van der Waals surface area contributed by atoms with Crippen LogP contribution >= 0.6 is 11.6 Å². The van der Waals surface area contributed by atoms with Crippen molar-refractivity contribution in [2.24, 2.45) is 0 Å². The first-order chi connectivity index (χ1) is 7.13. The maximum atomic E-state index is 5.94. The highest BCUT2D eigenvalue weighted by Crippen LogP contribution is 2.18. The Morgan fingerprint density at radius 2 is 2.13 bits per heavy atom. The lowest BCUT2D eigenvalue weighted by Gasteiger charge is -2.18. The molecular weight excluding hydrogens is 210 g/mol. The van der Waals surface area contributed by atoms with Crippen molar-refractivity contribution >= 4 is 11.6 Å². The molecule has 1 atom stereocenters. The lowest BCUT2D eigenvalue weighted by molar-refractivity contribution is 0.0626. The van der Waals surface area contributed by atoms with E-state index in [-0.39, 0.29) is 12.1 Å². The molecule has 0 bridgehead atoms. The van der Waals surface area contributed by atoms with Crippen molar-refractivity contribution in [3.8, 4) is 0 Å². The van der Waals surface area contributed by atoms with Crippen LogP contribution in [-0.4, -0.2) is 19.8 Å². The van der Waals surface area contributed by atoms with Crippen molar-refractivity contribution < 1.29 is 4.74 Å². The van der Waals surface area contributed by atoms with Crippen molar-refractivity contribution in [2.45, 2.75) is 26.0 Å². The van der Waals surface area contributed by atoms with E-state index in [4.69, 9.17) is 16.3 Å². The molecule has 15 heavy (non-hydrogen) atoms. The molecule has 84 valence electrons. The first-order valence-corrected chi connectivity index (χ1v) is 5.55. The second-order valence-corrected chi connectivity index (χ2v) is 4.21. The third-order valence-electron chi connectivity index (χ3n) is 2.20. The number of likely N-dealkylation sites (N-methyl/N-ethyl adjacent to an activating group) is 1. The SMILES string of the molecule is CNC(COC(C)C)c1cccc(Cl)c1. The van der Waals surface area contributed by atoms with E-state index in [9.17, 15) is 0 Å². The summed E-state index contributed by atoms with van der Waals surface area (Å²) in [6.07, 6.45) is 0.250. The standard InChI is InChI=1S/C12H18ClNO/c1-9(2)15-8-12(14-3)10-5-4-6-11(13)7-10/h4-7,9,12,14H,8H2,1-3H3. The van der Waals surface area contributed by atoms with Crippen LogP contribution in [0.1, 0.15) is 25.5 Å². The van der Waals surface area contributed by atoms with Gasteiger partial charge in [-0.1, -0.05) is 23.7 Å². The average Bonchev–Trinajstić information content (AvgIpc) is 2.18. The zero-order valence-corrected chi connectivity index (χ0v) is 10.2. The molecule has 1 aromatic rings. The fourth-order valence-corrected chi connectivity index (χ4v) is 1.56. The lowest BCUT2D eigenvalue weighted by atomic mass is 10.1. The largest absolute Gasteiger partial charge is 0.377 e. The molecule has 0 heterocycles. The van der Waals surface area contributed by atoms with Crippen molar-refractivity contribution in [3.63, 3.8) is 0 Å². The Hall–Kier alpha value is -0.570. The van der Waals surface area contributed by atoms with Crippen LogP contribution in [0.25, 0.3) is 0 Å². The summed E-state index contributed by atoms with van der Waals surface area (Å²) in [5, 5.41) is 3.98. The summed E-state index contributed by atoms with van der Waals surface area (Å²) in [4.78, 5) is 0. The number of halogens is 1. The van der Waals surface area contributed by atoms with Gasteiger partial charge in [-0.3, -0.25) is 0 Å². The Bertz CT molecular complexity index is 301. The first-order valence-electron chi connectivity index (χ1n) is 5.18. The summed E-state index contributed by atoms with van der Waals surface area (Å²) in [5.74, 6) is 0. The molecule has 0 aliphatic carbocycles. The molecule has 0 radical (unpaired) electrons. The van der Waals surface area contributed by atoms with Crippen LogP contribution in [0, 0.1) is 0 Å². The van der Waals surface area contributed by atoms with Gasteiger partial charge in [0.2, 0.25) is 0 Å². The third kappa shape index (κ3) is 4.20. The minimum Gasteiger partial charge on any atom is -0.377 e. The fraction of sp³-hybridized carbons (Fsp3) is 0.500. The van der Waals surface area contributed by atoms with Crippen LogP contribution in [-0.2, 0) is 4.74 Å². The zero-order chi connectivity index (χ0) is 11.3. The van der Waals surface area contributed by atoms with Crippen molar-refractivity contribution in [1.82, 2.24) is 5.32 Å². The first kappa shape index (κ1) is 12.5. The summed E-state index contributed by atoms with van der Waals surface area (Å²) in [5.41, 5.74) is 1.16. The van der Waals surface area contributed by atoms with Crippen molar-refractivity contribution in [1.29, 1.82) is 0 Å². The number of hydrogen-bond donors (Lipinski definition) is 1. The van der Waals surface area contributed by atoms with Gasteiger partial charge < -0.3 is 10.1 Å². The van der Waals surface area contributed by atoms with E-state index in [0.717, 1.165) is 10.6 Å². The molecule has 2 nitrogen and oxygen atoms in total. The molecule has 1 N–H and O–H groups in total. The number of nitrogens with one attached hydrogen (secondary N) is 1. The fourth-order valence-electron chi connectivity index (χ4n) is 1.36. The van der Waals surface area contributed by atoms with E-state index in [1.54, 1.807) is 0 Å². The van der Waals surface area contributed by atoms with Crippen molar-refractivity contribution in [3.05, 3.63) is 34.9 Å². The monoisotopic (exact) mass is 227 g/mol. The van der Waals surface area contributed by atoms with Gasteiger partial charge in [0.1, 0.15) is 0 Å². The average molecular weight is 228 g/mol. The Kier molecular flexibility index (Phi) is 5.09. The molecule has 1 unspecified atom stereocenters. The van der Waals surface area contributed by atoms with E-state index < -0.39 is 0 Å². The molecule has 0 amide bonds. The summed E-state index contributed by atoms with van der Waals surface area (Å²) in [7, 11) is 1.93. The van der Waals surface area contributed by atoms with E-state index in [2.05, 4.69) is 11.4 Å². The molecule has 0 aliphatic heterocycles. The summed E-state index contributed by atoms with van der Waals surface area (Å²) < 4.78 is 5.58. The van der Waals surface area contributed by atoms with Crippen molar-refractivity contribution in [2.75, 3.05) is 13.7 Å². The zero-order valence-electron chi connectivity index (χ0n) is 9.46. The van der Waals surface area contributed by atoms with Crippen LogP contribution in [0.5, 0.6) is 0 Å². The van der Waals surface area contributed by atoms with Crippen LogP contribution in [0.3, 0.4) is 0 Å². The van der Waals surface area contributed by atoms with E-state index in [1.165, 1.54) is 0 Å². The van der Waals surface area contributed by atoms with E-state index in [0.29, 0.717) is 6.61 Å². The van der Waals surface area contributed by atoms with E-state index in [1.807, 2.05) is 39.1 Å². The predicted molar refractivity (Wildman–Crippen MR) is 64.3 cm³/mol. The highest BCUT2D eigenvalue weighted by Gasteiger charge is 2.10. The second kappa shape index (κ2) is 6.11. The van der Waals surface area contributed by atoms with Crippen LogP contribution in [0.15, 0.2) is 24.3 Å². The minimum absolute atomic E-state index is 0.200. The Morgan fingerprint density at radius 1 is 1.40 bits per heavy atom. The number of benzene rings is 1. The molecule has 3 heteroatoms. The van der Waals surface area contributed by atoms with Gasteiger partial charge in [-0.05, 0) is 38.6 Å². The minimum atomic E-state index is 0.200. The van der Waals surface area contributed by atoms with Gasteiger partial charge in [0.25, 0.3) is 0 Å².